The molecule has 0 radical (unpaired) electrons. The van der Waals surface area contributed by atoms with Crippen molar-refractivity contribution in [3.05, 3.63) is 40.4 Å². The van der Waals surface area contributed by atoms with Crippen LogP contribution < -0.4 is 9.64 Å². The van der Waals surface area contributed by atoms with E-state index in [2.05, 4.69) is 33.0 Å². The molecular weight excluding hydrogens is 322 g/mol. The minimum atomic E-state index is 0.807. The number of ether oxygens (including phenoxy) is 2. The predicted octanol–water partition coefficient (Wildman–Crippen LogP) is 2.55. The molecule has 1 fully saturated rings. The van der Waals surface area contributed by atoms with Crippen molar-refractivity contribution in [2.45, 2.75) is 19.5 Å². The maximum absolute atomic E-state index is 5.42. The summed E-state index contributed by atoms with van der Waals surface area (Å²) in [5.74, 6) is 0.958. The highest BCUT2D eigenvalue weighted by molar-refractivity contribution is 7.15. The molecule has 0 saturated carbocycles. The topological polar surface area (TPSA) is 37.8 Å². The average Bonchev–Trinajstić information content (AvgIpc) is 3.10. The summed E-state index contributed by atoms with van der Waals surface area (Å²) >= 11 is 1.82. The highest BCUT2D eigenvalue weighted by atomic mass is 32.1. The molecule has 0 atom stereocenters. The Morgan fingerprint density at radius 3 is 2.92 bits per heavy atom. The fourth-order valence-electron chi connectivity index (χ4n) is 3.34. The zero-order valence-corrected chi connectivity index (χ0v) is 14.8. The van der Waals surface area contributed by atoms with Gasteiger partial charge in [-0.15, -0.1) is 11.3 Å². The molecule has 6 heteroatoms. The summed E-state index contributed by atoms with van der Waals surface area (Å²) in [5.41, 5.74) is 2.84. The van der Waals surface area contributed by atoms with Gasteiger partial charge in [-0.2, -0.15) is 0 Å². The maximum atomic E-state index is 5.42. The van der Waals surface area contributed by atoms with Crippen LogP contribution in [0.25, 0.3) is 0 Å². The molecule has 0 unspecified atom stereocenters. The van der Waals surface area contributed by atoms with E-state index in [1.54, 1.807) is 7.11 Å². The fourth-order valence-corrected chi connectivity index (χ4v) is 4.35. The van der Waals surface area contributed by atoms with Gasteiger partial charge in [-0.3, -0.25) is 4.90 Å². The average molecular weight is 345 g/mol. The summed E-state index contributed by atoms with van der Waals surface area (Å²) in [4.78, 5) is 10.8. The third-order valence-corrected chi connectivity index (χ3v) is 5.75. The molecule has 5 nitrogen and oxygen atoms in total. The number of morpholine rings is 1. The van der Waals surface area contributed by atoms with E-state index in [0.29, 0.717) is 0 Å². The highest BCUT2D eigenvalue weighted by Gasteiger charge is 2.19. The van der Waals surface area contributed by atoms with Gasteiger partial charge in [0.05, 0.1) is 20.3 Å². The lowest BCUT2D eigenvalue weighted by Gasteiger charge is -2.28. The van der Waals surface area contributed by atoms with Crippen molar-refractivity contribution in [2.75, 3.05) is 44.9 Å². The summed E-state index contributed by atoms with van der Waals surface area (Å²) < 4.78 is 10.7. The first kappa shape index (κ1) is 15.9. The SMILES string of the molecule is COc1ccc2c(c1)CCN(Cc1cnc(N3CCOCC3)s1)C2. The van der Waals surface area contributed by atoms with Crippen molar-refractivity contribution >= 4 is 16.5 Å². The minimum Gasteiger partial charge on any atom is -0.497 e. The van der Waals surface area contributed by atoms with Gasteiger partial charge in [0.1, 0.15) is 5.75 Å². The van der Waals surface area contributed by atoms with Crippen molar-refractivity contribution in [1.29, 1.82) is 0 Å². The van der Waals surface area contributed by atoms with Gasteiger partial charge < -0.3 is 14.4 Å². The molecule has 0 aliphatic carbocycles. The first-order chi connectivity index (χ1) is 11.8. The number of methoxy groups -OCH3 is 1. The number of anilines is 1. The van der Waals surface area contributed by atoms with Crippen LogP contribution in [0, 0.1) is 0 Å². The first-order valence-electron chi connectivity index (χ1n) is 8.47. The normalized spacial score (nSPS) is 18.5. The molecule has 128 valence electrons. The van der Waals surface area contributed by atoms with Crippen LogP contribution >= 0.6 is 11.3 Å². The van der Waals surface area contributed by atoms with E-state index >= 15 is 0 Å². The molecule has 2 aliphatic rings. The second-order valence-electron chi connectivity index (χ2n) is 6.30. The van der Waals surface area contributed by atoms with Crippen LogP contribution in [0.3, 0.4) is 0 Å². The highest BCUT2D eigenvalue weighted by Crippen LogP contribution is 2.28. The second-order valence-corrected chi connectivity index (χ2v) is 7.40. The van der Waals surface area contributed by atoms with Crippen molar-refractivity contribution in [2.24, 2.45) is 0 Å². The van der Waals surface area contributed by atoms with E-state index in [9.17, 15) is 0 Å². The Bertz CT molecular complexity index is 697. The van der Waals surface area contributed by atoms with Crippen molar-refractivity contribution in [1.82, 2.24) is 9.88 Å². The maximum Gasteiger partial charge on any atom is 0.185 e. The zero-order chi connectivity index (χ0) is 16.4. The second kappa shape index (κ2) is 7.09. The summed E-state index contributed by atoms with van der Waals surface area (Å²) in [5, 5.41) is 1.13. The van der Waals surface area contributed by atoms with E-state index in [0.717, 1.165) is 63.2 Å². The Labute approximate surface area is 146 Å². The molecule has 4 rings (SSSR count). The smallest absolute Gasteiger partial charge is 0.185 e. The number of aromatic nitrogens is 1. The molecule has 0 N–H and O–H groups in total. The molecule has 0 bridgehead atoms. The molecule has 0 spiro atoms. The van der Waals surface area contributed by atoms with Crippen LogP contribution in [0.1, 0.15) is 16.0 Å². The molecule has 1 saturated heterocycles. The van der Waals surface area contributed by atoms with Gasteiger partial charge in [-0.1, -0.05) is 6.07 Å². The van der Waals surface area contributed by atoms with E-state index in [-0.39, 0.29) is 0 Å². The monoisotopic (exact) mass is 345 g/mol. The lowest BCUT2D eigenvalue weighted by atomic mass is 9.99. The third-order valence-electron chi connectivity index (χ3n) is 4.71. The zero-order valence-electron chi connectivity index (χ0n) is 14.0. The molecule has 2 aromatic rings. The largest absolute Gasteiger partial charge is 0.497 e. The number of hydrogen-bond acceptors (Lipinski definition) is 6. The van der Waals surface area contributed by atoms with Gasteiger partial charge in [-0.25, -0.2) is 4.98 Å². The van der Waals surface area contributed by atoms with Crippen LogP contribution in [-0.2, 0) is 24.2 Å². The van der Waals surface area contributed by atoms with Gasteiger partial charge in [0.2, 0.25) is 0 Å². The quantitative estimate of drug-likeness (QED) is 0.851. The molecule has 2 aliphatic heterocycles. The van der Waals surface area contributed by atoms with Gasteiger partial charge in [0, 0.05) is 43.8 Å². The minimum absolute atomic E-state index is 0.807. The number of hydrogen-bond donors (Lipinski definition) is 0. The van der Waals surface area contributed by atoms with Crippen LogP contribution in [0.5, 0.6) is 5.75 Å². The summed E-state index contributed by atoms with van der Waals surface area (Å²) in [6, 6.07) is 6.44. The number of nitrogens with zero attached hydrogens (tertiary/aromatic N) is 3. The van der Waals surface area contributed by atoms with Gasteiger partial charge in [0.25, 0.3) is 0 Å². The Hall–Kier alpha value is -1.63. The van der Waals surface area contributed by atoms with Gasteiger partial charge >= 0.3 is 0 Å². The van der Waals surface area contributed by atoms with Crippen LogP contribution in [0.2, 0.25) is 0 Å². The van der Waals surface area contributed by atoms with Crippen LogP contribution in [-0.4, -0.2) is 49.8 Å². The van der Waals surface area contributed by atoms with E-state index in [1.165, 1.54) is 16.0 Å². The first-order valence-corrected chi connectivity index (χ1v) is 9.29. The lowest BCUT2D eigenvalue weighted by molar-refractivity contribution is 0.122. The fraction of sp³-hybridized carbons (Fsp3) is 0.500. The number of fused-ring (bicyclic) bond motifs is 1. The van der Waals surface area contributed by atoms with Gasteiger partial charge in [-0.05, 0) is 29.7 Å². The molecule has 3 heterocycles. The third kappa shape index (κ3) is 3.41. The number of thiazole rings is 1. The molecule has 24 heavy (non-hydrogen) atoms. The van der Waals surface area contributed by atoms with Crippen LogP contribution in [0.15, 0.2) is 24.4 Å². The Balaban J connectivity index is 1.40. The van der Waals surface area contributed by atoms with Crippen LogP contribution in [0.4, 0.5) is 5.13 Å². The molecule has 1 aromatic carbocycles. The predicted molar refractivity (Wildman–Crippen MR) is 96.0 cm³/mol. The van der Waals surface area contributed by atoms with E-state index in [1.807, 2.05) is 17.5 Å². The molecular formula is C18H23N3O2S. The Morgan fingerprint density at radius 2 is 2.08 bits per heavy atom. The van der Waals surface area contributed by atoms with Crippen molar-refractivity contribution < 1.29 is 9.47 Å². The lowest BCUT2D eigenvalue weighted by Crippen LogP contribution is -2.36. The number of rotatable bonds is 4. The summed E-state index contributed by atoms with van der Waals surface area (Å²) in [6.07, 6.45) is 3.13. The van der Waals surface area contributed by atoms with E-state index < -0.39 is 0 Å². The van der Waals surface area contributed by atoms with Crippen molar-refractivity contribution in [3.8, 4) is 5.75 Å². The molecule has 0 amide bonds. The van der Waals surface area contributed by atoms with Gasteiger partial charge in [0.15, 0.2) is 5.13 Å². The Morgan fingerprint density at radius 1 is 1.21 bits per heavy atom. The number of benzene rings is 1. The van der Waals surface area contributed by atoms with E-state index in [4.69, 9.17) is 9.47 Å². The Kier molecular flexibility index (Phi) is 4.69. The standard InChI is InChI=1S/C18H23N3O2S/c1-22-16-3-2-15-12-20(5-4-14(15)10-16)13-17-11-19-18(24-17)21-6-8-23-9-7-21/h2-3,10-11H,4-9,12-13H2,1H3. The van der Waals surface area contributed by atoms with Crippen molar-refractivity contribution in [3.63, 3.8) is 0 Å². The molecule has 1 aromatic heterocycles. The summed E-state index contributed by atoms with van der Waals surface area (Å²) in [6.45, 7) is 6.59. The summed E-state index contributed by atoms with van der Waals surface area (Å²) in [7, 11) is 1.73.